The Bertz CT molecular complexity index is 227. The number of aryl methyl sites for hydroxylation is 1. The molecule has 0 aliphatic heterocycles. The van der Waals surface area contributed by atoms with Crippen LogP contribution in [0.3, 0.4) is 0 Å². The number of H-pyrrole nitrogens is 1. The summed E-state index contributed by atoms with van der Waals surface area (Å²) in [5.41, 5.74) is 2.40. The zero-order valence-electron chi connectivity index (χ0n) is 8.22. The SMILES string of the molecule is CCCC(CC)c1cc(C)[nH]n1. The van der Waals surface area contributed by atoms with Gasteiger partial charge in [-0.25, -0.2) is 0 Å². The van der Waals surface area contributed by atoms with E-state index in [0.717, 1.165) is 0 Å². The Morgan fingerprint density at radius 1 is 1.50 bits per heavy atom. The molecule has 1 N–H and O–H groups in total. The number of aromatic amines is 1. The van der Waals surface area contributed by atoms with Gasteiger partial charge < -0.3 is 0 Å². The van der Waals surface area contributed by atoms with Crippen molar-refractivity contribution in [3.8, 4) is 0 Å². The summed E-state index contributed by atoms with van der Waals surface area (Å²) in [7, 11) is 0. The molecule has 1 heterocycles. The third-order valence-electron chi connectivity index (χ3n) is 2.27. The summed E-state index contributed by atoms with van der Waals surface area (Å²) < 4.78 is 0. The average Bonchev–Trinajstić information content (AvgIpc) is 2.47. The Balaban J connectivity index is 2.66. The van der Waals surface area contributed by atoms with Crippen molar-refractivity contribution >= 4 is 0 Å². The first-order valence-corrected chi connectivity index (χ1v) is 4.79. The second kappa shape index (κ2) is 4.29. The summed E-state index contributed by atoms with van der Waals surface area (Å²) in [5.74, 6) is 0.653. The van der Waals surface area contributed by atoms with Gasteiger partial charge in [0.05, 0.1) is 5.69 Å². The zero-order chi connectivity index (χ0) is 8.97. The molecule has 0 aromatic carbocycles. The second-order valence-corrected chi connectivity index (χ2v) is 3.37. The number of nitrogens with zero attached hydrogens (tertiary/aromatic N) is 1. The Morgan fingerprint density at radius 3 is 2.67 bits per heavy atom. The second-order valence-electron chi connectivity index (χ2n) is 3.37. The molecule has 1 atom stereocenters. The van der Waals surface area contributed by atoms with E-state index in [9.17, 15) is 0 Å². The number of hydrogen-bond acceptors (Lipinski definition) is 1. The summed E-state index contributed by atoms with van der Waals surface area (Å²) in [6.45, 7) is 6.50. The molecule has 1 aromatic heterocycles. The molecule has 2 nitrogen and oxygen atoms in total. The summed E-state index contributed by atoms with van der Waals surface area (Å²) in [6, 6.07) is 2.16. The molecule has 0 spiro atoms. The van der Waals surface area contributed by atoms with Crippen LogP contribution in [0.2, 0.25) is 0 Å². The Kier molecular flexibility index (Phi) is 3.32. The Hall–Kier alpha value is -0.790. The van der Waals surface area contributed by atoms with Gasteiger partial charge in [-0.15, -0.1) is 0 Å². The molecule has 12 heavy (non-hydrogen) atoms. The minimum Gasteiger partial charge on any atom is -0.283 e. The standard InChI is InChI=1S/C10H18N2/c1-4-6-9(5-2)10-7-8(3)11-12-10/h7,9H,4-6H2,1-3H3,(H,11,12). The van der Waals surface area contributed by atoms with Crippen LogP contribution >= 0.6 is 0 Å². The van der Waals surface area contributed by atoms with Gasteiger partial charge in [0.1, 0.15) is 0 Å². The lowest BCUT2D eigenvalue weighted by Gasteiger charge is -2.09. The fraction of sp³-hybridized carbons (Fsp3) is 0.700. The number of aromatic nitrogens is 2. The predicted molar refractivity (Wildman–Crippen MR) is 51.3 cm³/mol. The van der Waals surface area contributed by atoms with Crippen molar-refractivity contribution in [2.75, 3.05) is 0 Å². The number of nitrogens with one attached hydrogen (secondary N) is 1. The molecule has 0 saturated carbocycles. The molecular formula is C10H18N2. The average molecular weight is 166 g/mol. The highest BCUT2D eigenvalue weighted by molar-refractivity contribution is 5.11. The van der Waals surface area contributed by atoms with Crippen molar-refractivity contribution in [1.82, 2.24) is 10.2 Å². The van der Waals surface area contributed by atoms with Crippen LogP contribution in [0, 0.1) is 6.92 Å². The first-order valence-electron chi connectivity index (χ1n) is 4.79. The maximum atomic E-state index is 4.28. The van der Waals surface area contributed by atoms with E-state index in [1.54, 1.807) is 0 Å². The summed E-state index contributed by atoms with van der Waals surface area (Å²) in [6.07, 6.45) is 3.68. The molecule has 2 heteroatoms. The maximum absolute atomic E-state index is 4.28. The van der Waals surface area contributed by atoms with Crippen LogP contribution in [0.5, 0.6) is 0 Å². The molecule has 0 radical (unpaired) electrons. The third kappa shape index (κ3) is 2.10. The van der Waals surface area contributed by atoms with Crippen molar-refractivity contribution in [2.45, 2.75) is 46.0 Å². The minimum absolute atomic E-state index is 0.653. The lowest BCUT2D eigenvalue weighted by molar-refractivity contribution is 0.579. The molecular weight excluding hydrogens is 148 g/mol. The fourth-order valence-corrected chi connectivity index (χ4v) is 1.56. The van der Waals surface area contributed by atoms with Crippen LogP contribution in [-0.4, -0.2) is 10.2 Å². The fourth-order valence-electron chi connectivity index (χ4n) is 1.56. The minimum atomic E-state index is 0.653. The van der Waals surface area contributed by atoms with Gasteiger partial charge in [-0.1, -0.05) is 20.3 Å². The van der Waals surface area contributed by atoms with Gasteiger partial charge >= 0.3 is 0 Å². The maximum Gasteiger partial charge on any atom is 0.0655 e. The van der Waals surface area contributed by atoms with Gasteiger partial charge in [0.15, 0.2) is 0 Å². The van der Waals surface area contributed by atoms with Gasteiger partial charge in [0.2, 0.25) is 0 Å². The lowest BCUT2D eigenvalue weighted by atomic mass is 9.97. The van der Waals surface area contributed by atoms with E-state index < -0.39 is 0 Å². The van der Waals surface area contributed by atoms with E-state index >= 15 is 0 Å². The monoisotopic (exact) mass is 166 g/mol. The zero-order valence-corrected chi connectivity index (χ0v) is 8.22. The molecule has 0 amide bonds. The van der Waals surface area contributed by atoms with E-state index in [2.05, 4.69) is 37.0 Å². The Labute approximate surface area is 74.4 Å². The normalized spacial score (nSPS) is 13.2. The van der Waals surface area contributed by atoms with Crippen LogP contribution in [0.1, 0.15) is 50.4 Å². The third-order valence-corrected chi connectivity index (χ3v) is 2.27. The van der Waals surface area contributed by atoms with Crippen LogP contribution in [0.15, 0.2) is 6.07 Å². The van der Waals surface area contributed by atoms with E-state index in [4.69, 9.17) is 0 Å². The van der Waals surface area contributed by atoms with Gasteiger partial charge in [-0.05, 0) is 25.8 Å². The molecule has 0 saturated heterocycles. The summed E-state index contributed by atoms with van der Waals surface area (Å²) >= 11 is 0. The van der Waals surface area contributed by atoms with Crippen LogP contribution in [-0.2, 0) is 0 Å². The van der Waals surface area contributed by atoms with Crippen molar-refractivity contribution in [3.63, 3.8) is 0 Å². The molecule has 0 aliphatic carbocycles. The highest BCUT2D eigenvalue weighted by atomic mass is 15.1. The van der Waals surface area contributed by atoms with Crippen molar-refractivity contribution in [2.24, 2.45) is 0 Å². The number of rotatable bonds is 4. The van der Waals surface area contributed by atoms with Gasteiger partial charge in [0.25, 0.3) is 0 Å². The first-order chi connectivity index (χ1) is 5.77. The number of hydrogen-bond donors (Lipinski definition) is 1. The quantitative estimate of drug-likeness (QED) is 0.731. The predicted octanol–water partition coefficient (Wildman–Crippen LogP) is 3.01. The van der Waals surface area contributed by atoms with Crippen molar-refractivity contribution < 1.29 is 0 Å². The summed E-state index contributed by atoms with van der Waals surface area (Å²) in [5, 5.41) is 7.27. The molecule has 68 valence electrons. The first kappa shape index (κ1) is 9.30. The molecule has 0 bridgehead atoms. The Morgan fingerprint density at radius 2 is 2.25 bits per heavy atom. The summed E-state index contributed by atoms with van der Waals surface area (Å²) in [4.78, 5) is 0. The van der Waals surface area contributed by atoms with Crippen LogP contribution in [0.25, 0.3) is 0 Å². The van der Waals surface area contributed by atoms with Gasteiger partial charge in [0, 0.05) is 11.6 Å². The van der Waals surface area contributed by atoms with Crippen molar-refractivity contribution in [1.29, 1.82) is 0 Å². The highest BCUT2D eigenvalue weighted by Crippen LogP contribution is 2.22. The topological polar surface area (TPSA) is 28.7 Å². The molecule has 1 unspecified atom stereocenters. The van der Waals surface area contributed by atoms with E-state index in [0.29, 0.717) is 5.92 Å². The van der Waals surface area contributed by atoms with E-state index in [-0.39, 0.29) is 0 Å². The lowest BCUT2D eigenvalue weighted by Crippen LogP contribution is -1.96. The largest absolute Gasteiger partial charge is 0.283 e. The van der Waals surface area contributed by atoms with Gasteiger partial charge in [-0.2, -0.15) is 5.10 Å². The molecule has 0 fully saturated rings. The van der Waals surface area contributed by atoms with Gasteiger partial charge in [-0.3, -0.25) is 5.10 Å². The smallest absolute Gasteiger partial charge is 0.0655 e. The highest BCUT2D eigenvalue weighted by Gasteiger charge is 2.10. The van der Waals surface area contributed by atoms with E-state index in [1.165, 1.54) is 30.7 Å². The molecule has 1 rings (SSSR count). The van der Waals surface area contributed by atoms with Crippen LogP contribution < -0.4 is 0 Å². The molecule has 0 aliphatic rings. The van der Waals surface area contributed by atoms with E-state index in [1.807, 2.05) is 0 Å². The van der Waals surface area contributed by atoms with Crippen LogP contribution in [0.4, 0.5) is 0 Å². The van der Waals surface area contributed by atoms with Crippen molar-refractivity contribution in [3.05, 3.63) is 17.5 Å². The molecule has 1 aromatic rings.